The number of nitrogens with zero attached hydrogens (tertiary/aromatic N) is 1. The highest BCUT2D eigenvalue weighted by molar-refractivity contribution is 5.84. The normalized spacial score (nSPS) is 15.4. The van der Waals surface area contributed by atoms with Gasteiger partial charge in [0.1, 0.15) is 11.2 Å². The van der Waals surface area contributed by atoms with Gasteiger partial charge >= 0.3 is 0 Å². The van der Waals surface area contributed by atoms with Crippen molar-refractivity contribution in [1.82, 2.24) is 0 Å². The quantitative estimate of drug-likeness (QED) is 0.599. The van der Waals surface area contributed by atoms with E-state index in [1.54, 1.807) is 6.92 Å². The third kappa shape index (κ3) is 1.84. The molecule has 10 heavy (non-hydrogen) atoms. The zero-order chi connectivity index (χ0) is 8.20. The van der Waals surface area contributed by atoms with E-state index in [4.69, 9.17) is 5.26 Å². The van der Waals surface area contributed by atoms with Gasteiger partial charge in [0.2, 0.25) is 0 Å². The summed E-state index contributed by atoms with van der Waals surface area (Å²) in [6, 6.07) is 2.03. The Hall–Kier alpha value is -0.840. The summed E-state index contributed by atoms with van der Waals surface area (Å²) in [5.74, 6) is -0.0307. The van der Waals surface area contributed by atoms with E-state index in [0.717, 1.165) is 6.42 Å². The first-order chi connectivity index (χ1) is 4.56. The highest BCUT2D eigenvalue weighted by Gasteiger charge is 2.27. The van der Waals surface area contributed by atoms with Gasteiger partial charge in [-0.3, -0.25) is 4.79 Å². The maximum absolute atomic E-state index is 10.9. The molecule has 0 aromatic carbocycles. The average Bonchev–Trinajstić information content (AvgIpc) is 1.88. The Morgan fingerprint density at radius 3 is 2.30 bits per heavy atom. The van der Waals surface area contributed by atoms with Crippen molar-refractivity contribution in [3.05, 3.63) is 0 Å². The molecule has 0 heterocycles. The van der Waals surface area contributed by atoms with Crippen LogP contribution in [0.1, 0.15) is 33.6 Å². The van der Waals surface area contributed by atoms with Gasteiger partial charge in [-0.25, -0.2) is 0 Å². The molecule has 0 N–H and O–H groups in total. The Balaban J connectivity index is 4.27. The second-order valence-electron chi connectivity index (χ2n) is 2.75. The Labute approximate surface area is 61.8 Å². The maximum Gasteiger partial charge on any atom is 0.149 e. The van der Waals surface area contributed by atoms with Crippen molar-refractivity contribution in [2.45, 2.75) is 33.6 Å². The lowest BCUT2D eigenvalue weighted by Crippen LogP contribution is -2.22. The Morgan fingerprint density at radius 2 is 2.20 bits per heavy atom. The third-order valence-corrected chi connectivity index (χ3v) is 1.77. The molecule has 0 saturated heterocycles. The van der Waals surface area contributed by atoms with E-state index in [0.29, 0.717) is 6.42 Å². The summed E-state index contributed by atoms with van der Waals surface area (Å²) in [4.78, 5) is 10.9. The number of carbonyl (C=O) groups is 1. The molecule has 0 spiro atoms. The van der Waals surface area contributed by atoms with Crippen LogP contribution in [0, 0.1) is 16.7 Å². The number of nitriles is 1. The lowest BCUT2D eigenvalue weighted by molar-refractivity contribution is -0.123. The smallest absolute Gasteiger partial charge is 0.149 e. The van der Waals surface area contributed by atoms with Crippen molar-refractivity contribution in [2.24, 2.45) is 5.41 Å². The van der Waals surface area contributed by atoms with Crippen molar-refractivity contribution >= 4 is 5.78 Å². The fourth-order valence-corrected chi connectivity index (χ4v) is 0.811. The van der Waals surface area contributed by atoms with E-state index in [2.05, 4.69) is 0 Å². The second-order valence-corrected chi connectivity index (χ2v) is 2.75. The van der Waals surface area contributed by atoms with Crippen LogP contribution in [-0.2, 0) is 4.79 Å². The standard InChI is InChI=1S/C8H13NO/c1-4-5-8(3,6-9)7(2)10/h4-5H2,1-3H3. The zero-order valence-corrected chi connectivity index (χ0v) is 6.77. The van der Waals surface area contributed by atoms with Crippen LogP contribution in [0.5, 0.6) is 0 Å². The van der Waals surface area contributed by atoms with Gasteiger partial charge in [-0.05, 0) is 20.3 Å². The molecule has 1 unspecified atom stereocenters. The van der Waals surface area contributed by atoms with Crippen LogP contribution in [-0.4, -0.2) is 5.78 Å². The van der Waals surface area contributed by atoms with E-state index in [-0.39, 0.29) is 5.78 Å². The van der Waals surface area contributed by atoms with Crippen molar-refractivity contribution in [2.75, 3.05) is 0 Å². The molecule has 0 radical (unpaired) electrons. The third-order valence-electron chi connectivity index (χ3n) is 1.77. The molecular weight excluding hydrogens is 126 g/mol. The lowest BCUT2D eigenvalue weighted by atomic mass is 9.84. The Morgan fingerprint density at radius 1 is 1.70 bits per heavy atom. The fraction of sp³-hybridized carbons (Fsp3) is 0.750. The highest BCUT2D eigenvalue weighted by atomic mass is 16.1. The second kappa shape index (κ2) is 3.36. The minimum Gasteiger partial charge on any atom is -0.298 e. The van der Waals surface area contributed by atoms with Gasteiger partial charge in [-0.15, -0.1) is 0 Å². The van der Waals surface area contributed by atoms with E-state index in [9.17, 15) is 4.79 Å². The first kappa shape index (κ1) is 9.16. The maximum atomic E-state index is 10.9. The van der Waals surface area contributed by atoms with Gasteiger partial charge in [0.25, 0.3) is 0 Å². The molecule has 0 aliphatic rings. The van der Waals surface area contributed by atoms with Gasteiger partial charge in [-0.2, -0.15) is 5.26 Å². The monoisotopic (exact) mass is 139 g/mol. The van der Waals surface area contributed by atoms with Crippen molar-refractivity contribution < 1.29 is 4.79 Å². The van der Waals surface area contributed by atoms with Gasteiger partial charge < -0.3 is 0 Å². The first-order valence-electron chi connectivity index (χ1n) is 3.49. The van der Waals surface area contributed by atoms with Crippen LogP contribution in [0.15, 0.2) is 0 Å². The first-order valence-corrected chi connectivity index (χ1v) is 3.49. The SMILES string of the molecule is CCCC(C)(C#N)C(C)=O. The molecule has 56 valence electrons. The van der Waals surface area contributed by atoms with Crippen molar-refractivity contribution in [3.63, 3.8) is 0 Å². The molecule has 0 aromatic heterocycles. The molecule has 0 rings (SSSR count). The van der Waals surface area contributed by atoms with E-state index >= 15 is 0 Å². The number of ketones is 1. The molecule has 2 nitrogen and oxygen atoms in total. The summed E-state index contributed by atoms with van der Waals surface area (Å²) in [7, 11) is 0. The molecule has 2 heteroatoms. The number of Topliss-reactive ketones (excluding diaryl/α,β-unsaturated/α-hetero) is 1. The van der Waals surface area contributed by atoms with Crippen molar-refractivity contribution in [3.8, 4) is 6.07 Å². The summed E-state index contributed by atoms with van der Waals surface area (Å²) in [5, 5.41) is 8.62. The molecule has 1 atom stereocenters. The van der Waals surface area contributed by atoms with Gasteiger partial charge in [0.15, 0.2) is 0 Å². The van der Waals surface area contributed by atoms with Gasteiger partial charge in [0, 0.05) is 0 Å². The zero-order valence-electron chi connectivity index (χ0n) is 6.77. The van der Waals surface area contributed by atoms with Crippen LogP contribution in [0.4, 0.5) is 0 Å². The van der Waals surface area contributed by atoms with Crippen LogP contribution in [0.25, 0.3) is 0 Å². The molecule has 0 bridgehead atoms. The summed E-state index contributed by atoms with van der Waals surface area (Å²) in [6.45, 7) is 5.14. The Bertz CT molecular complexity index is 169. The topological polar surface area (TPSA) is 40.9 Å². The van der Waals surface area contributed by atoms with E-state index in [1.165, 1.54) is 6.92 Å². The summed E-state index contributed by atoms with van der Waals surface area (Å²) in [6.07, 6.45) is 1.54. The van der Waals surface area contributed by atoms with Gasteiger partial charge in [-0.1, -0.05) is 13.3 Å². The predicted molar refractivity (Wildman–Crippen MR) is 39.3 cm³/mol. The number of carbonyl (C=O) groups excluding carboxylic acids is 1. The van der Waals surface area contributed by atoms with Crippen LogP contribution in [0.2, 0.25) is 0 Å². The molecular formula is C8H13NO. The molecule has 0 saturated carbocycles. The minimum atomic E-state index is -0.741. The summed E-state index contributed by atoms with van der Waals surface area (Å²) < 4.78 is 0. The summed E-state index contributed by atoms with van der Waals surface area (Å²) >= 11 is 0. The molecule has 0 aromatic rings. The molecule has 0 aliphatic heterocycles. The van der Waals surface area contributed by atoms with Gasteiger partial charge in [0.05, 0.1) is 6.07 Å². The average molecular weight is 139 g/mol. The number of hydrogen-bond donors (Lipinski definition) is 0. The largest absolute Gasteiger partial charge is 0.298 e. The molecule has 0 fully saturated rings. The summed E-state index contributed by atoms with van der Waals surface area (Å²) in [5.41, 5.74) is -0.741. The predicted octanol–water partition coefficient (Wildman–Crippen LogP) is 1.91. The molecule has 0 amide bonds. The van der Waals surface area contributed by atoms with E-state index in [1.807, 2.05) is 13.0 Å². The van der Waals surface area contributed by atoms with Crippen LogP contribution >= 0.6 is 0 Å². The van der Waals surface area contributed by atoms with Crippen LogP contribution < -0.4 is 0 Å². The minimum absolute atomic E-state index is 0.0307. The van der Waals surface area contributed by atoms with E-state index < -0.39 is 5.41 Å². The Kier molecular flexibility index (Phi) is 3.08. The van der Waals surface area contributed by atoms with Crippen molar-refractivity contribution in [1.29, 1.82) is 5.26 Å². The lowest BCUT2D eigenvalue weighted by Gasteiger charge is -2.15. The number of hydrogen-bond acceptors (Lipinski definition) is 2. The molecule has 0 aliphatic carbocycles. The highest BCUT2D eigenvalue weighted by Crippen LogP contribution is 2.22. The fourth-order valence-electron chi connectivity index (χ4n) is 0.811. The van der Waals surface area contributed by atoms with Crippen LogP contribution in [0.3, 0.4) is 0 Å². The number of rotatable bonds is 3.